The van der Waals surface area contributed by atoms with Gasteiger partial charge in [0.05, 0.1) is 25.4 Å². The summed E-state index contributed by atoms with van der Waals surface area (Å²) in [7, 11) is 0. The standard InChI is InChI=1S/C47H76O17/c1-42(2)17-22-21-9-10-26-45(6)13-12-28(43(3,4)25(45)11-14-47(26,8)46(21,7)16-15-44(22,5)27(50)18-42)61-41-37(33(55)32(54)35(62-41)38(57)58)64-40-36(31(53)30(52)24(19-48)60-40)63-39-34(56)29(51)23(49)20-59-39/h9,22-37,39-41,48-56H,10-20H2,1-8H3,(H,57,58)/t22?,23?,24?,25?,26?,27?,28?,29?,30?,31?,32?,33?,34?,35?,36?,37?,39?,40?,41?,44?,45-,46?,47?/m0/s1. The van der Waals surface area contributed by atoms with Gasteiger partial charge in [-0.1, -0.05) is 67.0 Å². The number of aliphatic hydroxyl groups is 9. The molecule has 8 rings (SSSR count). The number of ether oxygens (including phenoxy) is 6. The monoisotopic (exact) mass is 913 g/mol. The zero-order valence-electron chi connectivity index (χ0n) is 38.7. The Morgan fingerprint density at radius 1 is 0.688 bits per heavy atom. The fourth-order valence-corrected chi connectivity index (χ4v) is 14.9. The summed E-state index contributed by atoms with van der Waals surface area (Å²) in [6.45, 7) is 17.4. The number of carboxylic acid groups (broad SMARTS) is 1. The first kappa shape index (κ1) is 49.0. The van der Waals surface area contributed by atoms with Crippen molar-refractivity contribution in [3.63, 3.8) is 0 Å². The summed E-state index contributed by atoms with van der Waals surface area (Å²) in [5, 5.41) is 107. The molecule has 3 heterocycles. The Balaban J connectivity index is 1.06. The first-order valence-corrected chi connectivity index (χ1v) is 23.6. The molecular formula is C47H76O17. The molecule has 0 aromatic rings. The Kier molecular flexibility index (Phi) is 13.0. The van der Waals surface area contributed by atoms with E-state index in [1.807, 2.05) is 0 Å². The van der Waals surface area contributed by atoms with E-state index in [4.69, 9.17) is 28.4 Å². The average molecular weight is 913 g/mol. The van der Waals surface area contributed by atoms with Crippen molar-refractivity contribution < 1.29 is 84.3 Å². The van der Waals surface area contributed by atoms with Gasteiger partial charge < -0.3 is 79.5 Å². The van der Waals surface area contributed by atoms with Crippen LogP contribution in [0.5, 0.6) is 0 Å². The van der Waals surface area contributed by atoms with Crippen LogP contribution in [0.4, 0.5) is 0 Å². The summed E-state index contributed by atoms with van der Waals surface area (Å²) >= 11 is 0. The number of hydrogen-bond acceptors (Lipinski definition) is 16. The smallest absolute Gasteiger partial charge is 0.335 e. The lowest BCUT2D eigenvalue weighted by molar-refractivity contribution is -0.392. The van der Waals surface area contributed by atoms with Crippen molar-refractivity contribution in [1.29, 1.82) is 0 Å². The minimum absolute atomic E-state index is 0.000132. The molecule has 3 aliphatic heterocycles. The number of allylic oxidation sites excluding steroid dienone is 2. The highest BCUT2D eigenvalue weighted by molar-refractivity contribution is 5.73. The SMILES string of the molecule is CC1(C)CC(O)C2(C)CCC3(C)C(=CCC4C3(C)CCC3C(C)(C)C(OC5OC(C(=O)O)C(O)C(O)C5OC5OC(CO)C(O)C(O)C5OC5OCC(O)C(O)C5O)CC[C@@]34C)C2C1. The molecule has 0 radical (unpaired) electrons. The molecule has 3 saturated heterocycles. The van der Waals surface area contributed by atoms with Crippen molar-refractivity contribution in [3.05, 3.63) is 11.6 Å². The molecule has 366 valence electrons. The van der Waals surface area contributed by atoms with Crippen molar-refractivity contribution >= 4 is 5.97 Å². The number of carboxylic acids is 1. The number of hydrogen-bond donors (Lipinski definition) is 10. The highest BCUT2D eigenvalue weighted by Crippen LogP contribution is 2.76. The molecule has 10 N–H and O–H groups in total. The maximum absolute atomic E-state index is 12.4. The van der Waals surface area contributed by atoms with Crippen molar-refractivity contribution in [2.45, 2.75) is 211 Å². The van der Waals surface area contributed by atoms with Gasteiger partial charge in [-0.15, -0.1) is 0 Å². The summed E-state index contributed by atoms with van der Waals surface area (Å²) in [5.74, 6) is -0.718. The highest BCUT2D eigenvalue weighted by Gasteiger charge is 2.69. The van der Waals surface area contributed by atoms with Crippen molar-refractivity contribution in [2.24, 2.45) is 50.2 Å². The first-order valence-electron chi connectivity index (χ1n) is 23.6. The fourth-order valence-electron chi connectivity index (χ4n) is 14.9. The lowest BCUT2D eigenvalue weighted by Gasteiger charge is -2.71. The van der Waals surface area contributed by atoms with Crippen LogP contribution in [0.1, 0.15) is 113 Å². The summed E-state index contributed by atoms with van der Waals surface area (Å²) in [5.41, 5.74) is 0.775. The summed E-state index contributed by atoms with van der Waals surface area (Å²) in [4.78, 5) is 12.4. The van der Waals surface area contributed by atoms with Gasteiger partial charge in [-0.05, 0) is 103 Å². The highest BCUT2D eigenvalue weighted by atomic mass is 16.8. The fraction of sp³-hybridized carbons (Fsp3) is 0.936. The van der Waals surface area contributed by atoms with Crippen LogP contribution in [-0.4, -0.2) is 168 Å². The van der Waals surface area contributed by atoms with Gasteiger partial charge in [-0.2, -0.15) is 0 Å². The van der Waals surface area contributed by atoms with E-state index < -0.39 is 117 Å². The molecule has 8 aliphatic rings. The second-order valence-electron chi connectivity index (χ2n) is 23.3. The molecule has 23 atom stereocenters. The van der Waals surface area contributed by atoms with Gasteiger partial charge in [0.15, 0.2) is 25.0 Å². The molecule has 7 fully saturated rings. The third kappa shape index (κ3) is 7.58. The second kappa shape index (κ2) is 16.9. The number of aliphatic carboxylic acids is 1. The van der Waals surface area contributed by atoms with Crippen molar-refractivity contribution in [3.8, 4) is 0 Å². The largest absolute Gasteiger partial charge is 0.479 e. The predicted molar refractivity (Wildman–Crippen MR) is 225 cm³/mol. The molecule has 4 saturated carbocycles. The van der Waals surface area contributed by atoms with Crippen LogP contribution >= 0.6 is 0 Å². The van der Waals surface area contributed by atoms with Gasteiger partial charge in [-0.25, -0.2) is 4.79 Å². The summed E-state index contributed by atoms with van der Waals surface area (Å²) < 4.78 is 36.0. The minimum atomic E-state index is -2.01. The first-order chi connectivity index (χ1) is 29.8. The van der Waals surface area contributed by atoms with E-state index in [1.165, 1.54) is 0 Å². The van der Waals surface area contributed by atoms with Crippen LogP contribution in [0.15, 0.2) is 11.6 Å². The van der Waals surface area contributed by atoms with Crippen LogP contribution < -0.4 is 0 Å². The van der Waals surface area contributed by atoms with Crippen molar-refractivity contribution in [2.75, 3.05) is 13.2 Å². The molecule has 5 aliphatic carbocycles. The van der Waals surface area contributed by atoms with E-state index >= 15 is 0 Å². The number of carbonyl (C=O) groups is 1. The zero-order chi connectivity index (χ0) is 46.9. The molecule has 17 nitrogen and oxygen atoms in total. The maximum Gasteiger partial charge on any atom is 0.335 e. The average Bonchev–Trinajstić information content (AvgIpc) is 3.21. The van der Waals surface area contributed by atoms with Crippen LogP contribution in [0, 0.1) is 50.2 Å². The van der Waals surface area contributed by atoms with Crippen LogP contribution in [0.3, 0.4) is 0 Å². The van der Waals surface area contributed by atoms with Crippen LogP contribution in [0.25, 0.3) is 0 Å². The summed E-state index contributed by atoms with van der Waals surface area (Å²) in [6.07, 6.45) is -14.7. The van der Waals surface area contributed by atoms with Gasteiger partial charge >= 0.3 is 5.97 Å². The van der Waals surface area contributed by atoms with E-state index in [2.05, 4.69) is 61.5 Å². The Labute approximate surface area is 376 Å². The normalized spacial score (nSPS) is 54.6. The molecule has 0 amide bonds. The third-order valence-corrected chi connectivity index (χ3v) is 19.0. The number of rotatable bonds is 8. The lowest BCUT2D eigenvalue weighted by atomic mass is 9.33. The van der Waals surface area contributed by atoms with E-state index in [9.17, 15) is 55.9 Å². The maximum atomic E-state index is 12.4. The molecule has 22 unspecified atom stereocenters. The molecule has 64 heavy (non-hydrogen) atoms. The van der Waals surface area contributed by atoms with Crippen molar-refractivity contribution in [1.82, 2.24) is 0 Å². The van der Waals surface area contributed by atoms with E-state index in [0.717, 1.165) is 51.4 Å². The Morgan fingerprint density at radius 2 is 1.33 bits per heavy atom. The van der Waals surface area contributed by atoms with Gasteiger partial charge in [0.1, 0.15) is 61.0 Å². The molecule has 0 aromatic carbocycles. The topological polar surface area (TPSA) is 275 Å². The predicted octanol–water partition coefficient (Wildman–Crippen LogP) is 1.34. The van der Waals surface area contributed by atoms with E-state index in [1.54, 1.807) is 5.57 Å². The Bertz CT molecular complexity index is 1760. The summed E-state index contributed by atoms with van der Waals surface area (Å²) in [6, 6.07) is 0. The van der Waals surface area contributed by atoms with Gasteiger partial charge in [0.2, 0.25) is 0 Å². The molecule has 0 aromatic heterocycles. The van der Waals surface area contributed by atoms with Gasteiger partial charge in [0, 0.05) is 5.41 Å². The molecule has 0 bridgehead atoms. The van der Waals surface area contributed by atoms with Crippen LogP contribution in [0.2, 0.25) is 0 Å². The zero-order valence-corrected chi connectivity index (χ0v) is 38.7. The van der Waals surface area contributed by atoms with Crippen LogP contribution in [-0.2, 0) is 33.2 Å². The number of aliphatic hydroxyl groups excluding tert-OH is 9. The second-order valence-corrected chi connectivity index (χ2v) is 23.3. The molecule has 0 spiro atoms. The quantitative estimate of drug-likeness (QED) is 0.122. The van der Waals surface area contributed by atoms with Gasteiger partial charge in [0.25, 0.3) is 0 Å². The third-order valence-electron chi connectivity index (χ3n) is 19.0. The molecule has 17 heteroatoms. The van der Waals surface area contributed by atoms with E-state index in [-0.39, 0.29) is 39.1 Å². The molecular weight excluding hydrogens is 836 g/mol. The van der Waals surface area contributed by atoms with E-state index in [0.29, 0.717) is 18.3 Å². The number of fused-ring (bicyclic) bond motifs is 7. The lowest BCUT2D eigenvalue weighted by Crippen LogP contribution is -2.68. The Hall–Kier alpha value is -1.39. The van der Waals surface area contributed by atoms with Gasteiger partial charge in [-0.3, -0.25) is 0 Å². The minimum Gasteiger partial charge on any atom is -0.479 e. The Morgan fingerprint density at radius 3 is 1.98 bits per heavy atom.